The minimum atomic E-state index is -2.87. The van der Waals surface area contributed by atoms with Gasteiger partial charge in [0, 0.05) is 24.0 Å². The first kappa shape index (κ1) is 16.8. The van der Waals surface area contributed by atoms with Crippen LogP contribution in [-0.2, 0) is 0 Å². The van der Waals surface area contributed by atoms with E-state index in [1.807, 2.05) is 0 Å². The molecule has 0 aliphatic carbocycles. The van der Waals surface area contributed by atoms with Crippen LogP contribution in [0.1, 0.15) is 30.8 Å². The molecule has 3 aromatic rings. The predicted molar refractivity (Wildman–Crippen MR) is 78.7 cm³/mol. The highest BCUT2D eigenvalue weighted by atomic mass is 19.3. The average Bonchev–Trinajstić information content (AvgIpc) is 3.05. The molecule has 0 aliphatic rings. The second kappa shape index (κ2) is 6.83. The van der Waals surface area contributed by atoms with Crippen LogP contribution >= 0.6 is 0 Å². The van der Waals surface area contributed by atoms with Crippen molar-refractivity contribution in [2.75, 3.05) is 5.32 Å². The van der Waals surface area contributed by atoms with Crippen LogP contribution in [0.4, 0.5) is 23.5 Å². The van der Waals surface area contributed by atoms with Gasteiger partial charge in [-0.15, -0.1) is 10.2 Å². The summed E-state index contributed by atoms with van der Waals surface area (Å²) in [5.41, 5.74) is 0.498. The van der Waals surface area contributed by atoms with E-state index in [0.717, 1.165) is 12.1 Å². The molecule has 2 heterocycles. The third-order valence-corrected chi connectivity index (χ3v) is 3.30. The monoisotopic (exact) mass is 353 g/mol. The highest BCUT2D eigenvalue weighted by molar-refractivity contribution is 5.50. The van der Waals surface area contributed by atoms with Gasteiger partial charge in [0.1, 0.15) is 11.6 Å². The van der Waals surface area contributed by atoms with Crippen molar-refractivity contribution >= 4 is 5.95 Å². The first-order chi connectivity index (χ1) is 11.9. The fourth-order valence-corrected chi connectivity index (χ4v) is 2.08. The molecule has 0 radical (unpaired) electrons. The van der Waals surface area contributed by atoms with Crippen molar-refractivity contribution in [3.63, 3.8) is 0 Å². The van der Waals surface area contributed by atoms with Crippen LogP contribution in [0.25, 0.3) is 11.5 Å². The summed E-state index contributed by atoms with van der Waals surface area (Å²) in [6.07, 6.45) is -0.271. The molecule has 0 spiro atoms. The Labute approximate surface area is 138 Å². The summed E-state index contributed by atoms with van der Waals surface area (Å²) < 4.78 is 56.3. The van der Waals surface area contributed by atoms with Crippen LogP contribution in [0.15, 0.2) is 35.0 Å². The second-order valence-corrected chi connectivity index (χ2v) is 5.07. The van der Waals surface area contributed by atoms with E-state index < -0.39 is 30.0 Å². The second-order valence-electron chi connectivity index (χ2n) is 5.07. The van der Waals surface area contributed by atoms with Gasteiger partial charge in [-0.05, 0) is 13.0 Å². The maximum absolute atomic E-state index is 13.7. The topological polar surface area (TPSA) is 76.7 Å². The summed E-state index contributed by atoms with van der Waals surface area (Å²) in [5, 5.41) is 9.54. The number of alkyl halides is 2. The van der Waals surface area contributed by atoms with E-state index in [1.54, 1.807) is 6.92 Å². The number of benzene rings is 1. The lowest BCUT2D eigenvalue weighted by Gasteiger charge is -2.14. The Morgan fingerprint density at radius 3 is 2.40 bits per heavy atom. The Morgan fingerprint density at radius 1 is 1.08 bits per heavy atom. The summed E-state index contributed by atoms with van der Waals surface area (Å²) in [4.78, 5) is 7.98. The number of rotatable bonds is 5. The predicted octanol–water partition coefficient (Wildman–Crippen LogP) is 3.92. The van der Waals surface area contributed by atoms with Crippen molar-refractivity contribution in [3.8, 4) is 11.5 Å². The number of nitrogens with one attached hydrogen (secondary N) is 1. The van der Waals surface area contributed by atoms with Gasteiger partial charge in [0.05, 0.1) is 11.6 Å². The molecule has 1 N–H and O–H groups in total. The highest BCUT2D eigenvalue weighted by Gasteiger charge is 2.18. The van der Waals surface area contributed by atoms with Crippen LogP contribution < -0.4 is 5.32 Å². The van der Waals surface area contributed by atoms with E-state index in [9.17, 15) is 17.6 Å². The molecule has 0 bridgehead atoms. The number of hydrogen-bond acceptors (Lipinski definition) is 6. The Bertz CT molecular complexity index is 869. The van der Waals surface area contributed by atoms with Crippen molar-refractivity contribution in [1.82, 2.24) is 20.2 Å². The van der Waals surface area contributed by atoms with Crippen molar-refractivity contribution in [3.05, 3.63) is 53.7 Å². The van der Waals surface area contributed by atoms with E-state index in [2.05, 4.69) is 25.5 Å². The van der Waals surface area contributed by atoms with E-state index in [4.69, 9.17) is 4.42 Å². The molecule has 6 nitrogen and oxygen atoms in total. The van der Waals surface area contributed by atoms with Gasteiger partial charge in [0.25, 0.3) is 11.8 Å². The summed E-state index contributed by atoms with van der Waals surface area (Å²) in [7, 11) is 0. The number of aromatic nitrogens is 4. The molecule has 1 aromatic carbocycles. The highest BCUT2D eigenvalue weighted by Crippen LogP contribution is 2.24. The van der Waals surface area contributed by atoms with Crippen LogP contribution in [0.2, 0.25) is 0 Å². The maximum atomic E-state index is 13.7. The largest absolute Gasteiger partial charge is 0.415 e. The van der Waals surface area contributed by atoms with Crippen LogP contribution in [0.5, 0.6) is 0 Å². The van der Waals surface area contributed by atoms with E-state index in [1.165, 1.54) is 18.5 Å². The third kappa shape index (κ3) is 3.73. The Balaban J connectivity index is 1.73. The molecule has 0 saturated heterocycles. The zero-order chi connectivity index (χ0) is 18.0. The summed E-state index contributed by atoms with van der Waals surface area (Å²) >= 11 is 0. The van der Waals surface area contributed by atoms with E-state index in [-0.39, 0.29) is 23.0 Å². The molecule has 10 heteroatoms. The van der Waals surface area contributed by atoms with Gasteiger partial charge in [-0.25, -0.2) is 18.7 Å². The molecule has 0 aliphatic heterocycles. The standard InChI is InChI=1S/C15H11F4N5O/c1-7(10-3-2-9(16)4-11(10)17)22-15-20-5-8(6-21-15)13-23-24-14(25-13)12(18)19/h2-7,12H,1H3,(H,20,21,22). The first-order valence-corrected chi connectivity index (χ1v) is 7.09. The molecule has 25 heavy (non-hydrogen) atoms. The number of halogens is 4. The zero-order valence-electron chi connectivity index (χ0n) is 12.8. The van der Waals surface area contributed by atoms with Gasteiger partial charge in [-0.1, -0.05) is 6.07 Å². The lowest BCUT2D eigenvalue weighted by atomic mass is 10.1. The Kier molecular flexibility index (Phi) is 4.59. The summed E-state index contributed by atoms with van der Waals surface area (Å²) in [6, 6.07) is 2.73. The van der Waals surface area contributed by atoms with Gasteiger partial charge >= 0.3 is 6.43 Å². The molecule has 130 valence electrons. The van der Waals surface area contributed by atoms with Gasteiger partial charge in [-0.2, -0.15) is 8.78 Å². The van der Waals surface area contributed by atoms with Crippen LogP contribution in [-0.4, -0.2) is 20.2 Å². The molecule has 2 aromatic heterocycles. The van der Waals surface area contributed by atoms with Gasteiger partial charge in [0.2, 0.25) is 5.95 Å². The number of anilines is 1. The molecule has 0 saturated carbocycles. The number of nitrogens with zero attached hydrogens (tertiary/aromatic N) is 4. The van der Waals surface area contributed by atoms with Crippen molar-refractivity contribution in [2.45, 2.75) is 19.4 Å². The van der Waals surface area contributed by atoms with E-state index >= 15 is 0 Å². The summed E-state index contributed by atoms with van der Waals surface area (Å²) in [5.74, 6) is -2.13. The summed E-state index contributed by atoms with van der Waals surface area (Å²) in [6.45, 7) is 1.65. The fraction of sp³-hybridized carbons (Fsp3) is 0.200. The van der Waals surface area contributed by atoms with Gasteiger partial charge < -0.3 is 9.73 Å². The Hall–Kier alpha value is -3.04. The lowest BCUT2D eigenvalue weighted by molar-refractivity contribution is 0.116. The van der Waals surface area contributed by atoms with Crippen LogP contribution in [0, 0.1) is 11.6 Å². The molecule has 0 fully saturated rings. The normalized spacial score (nSPS) is 12.4. The molecular weight excluding hydrogens is 342 g/mol. The zero-order valence-corrected chi connectivity index (χ0v) is 12.8. The van der Waals surface area contributed by atoms with Crippen molar-refractivity contribution in [2.24, 2.45) is 0 Å². The van der Waals surface area contributed by atoms with Gasteiger partial charge in [0.15, 0.2) is 0 Å². The third-order valence-electron chi connectivity index (χ3n) is 3.30. The quantitative estimate of drug-likeness (QED) is 0.701. The van der Waals surface area contributed by atoms with Gasteiger partial charge in [-0.3, -0.25) is 0 Å². The first-order valence-electron chi connectivity index (χ1n) is 7.09. The fourth-order valence-electron chi connectivity index (χ4n) is 2.08. The molecule has 1 atom stereocenters. The average molecular weight is 353 g/mol. The van der Waals surface area contributed by atoms with Crippen molar-refractivity contribution < 1.29 is 22.0 Å². The maximum Gasteiger partial charge on any atom is 0.314 e. The number of hydrogen-bond donors (Lipinski definition) is 1. The Morgan fingerprint density at radius 2 is 1.80 bits per heavy atom. The molecule has 0 amide bonds. The smallest absolute Gasteiger partial charge is 0.314 e. The minimum Gasteiger partial charge on any atom is -0.415 e. The minimum absolute atomic E-state index is 0.139. The molecule has 1 unspecified atom stereocenters. The SMILES string of the molecule is CC(Nc1ncc(-c2nnc(C(F)F)o2)cn1)c1ccc(F)cc1F. The molecular formula is C15H11F4N5O. The van der Waals surface area contributed by atoms with Crippen molar-refractivity contribution in [1.29, 1.82) is 0 Å². The van der Waals surface area contributed by atoms with E-state index in [0.29, 0.717) is 0 Å². The molecule has 3 rings (SSSR count). The lowest BCUT2D eigenvalue weighted by Crippen LogP contribution is -2.11. The van der Waals surface area contributed by atoms with Crippen LogP contribution in [0.3, 0.4) is 0 Å².